The fourth-order valence-electron chi connectivity index (χ4n) is 1.68. The van der Waals surface area contributed by atoms with E-state index in [1.807, 2.05) is 12.1 Å². The number of phenols is 1. The fraction of sp³-hybridized carbons (Fsp3) is 0.333. The number of benzene rings is 1. The van der Waals surface area contributed by atoms with Crippen molar-refractivity contribution in [3.8, 4) is 5.75 Å². The van der Waals surface area contributed by atoms with Gasteiger partial charge in [-0.05, 0) is 36.7 Å². The quantitative estimate of drug-likeness (QED) is 0.772. The number of rotatable bonds is 2. The van der Waals surface area contributed by atoms with Gasteiger partial charge in [0.25, 0.3) is 0 Å². The molecule has 0 aliphatic carbocycles. The van der Waals surface area contributed by atoms with Gasteiger partial charge in [0.15, 0.2) is 0 Å². The van der Waals surface area contributed by atoms with Gasteiger partial charge in [-0.1, -0.05) is 18.2 Å². The number of hydrogen-bond acceptors (Lipinski definition) is 2. The molecule has 2 rings (SSSR count). The summed E-state index contributed by atoms with van der Waals surface area (Å²) in [7, 11) is 0. The van der Waals surface area contributed by atoms with E-state index in [9.17, 15) is 0 Å². The molecule has 0 amide bonds. The first kappa shape index (κ1) is 9.13. The second-order valence-electron chi connectivity index (χ2n) is 3.66. The molecule has 0 radical (unpaired) electrons. The largest absolute Gasteiger partial charge is 0.508 e. The van der Waals surface area contributed by atoms with Crippen LogP contribution in [0.2, 0.25) is 0 Å². The highest BCUT2D eigenvalue weighted by Crippen LogP contribution is 2.14. The lowest BCUT2D eigenvalue weighted by Crippen LogP contribution is -2.20. The number of phenolic OH excluding ortho intramolecular Hbond substituents is 1. The van der Waals surface area contributed by atoms with Gasteiger partial charge in [0.1, 0.15) is 5.75 Å². The molecule has 0 unspecified atom stereocenters. The Kier molecular flexibility index (Phi) is 2.73. The van der Waals surface area contributed by atoms with Gasteiger partial charge in [-0.15, -0.1) is 0 Å². The van der Waals surface area contributed by atoms with Crippen LogP contribution in [0.1, 0.15) is 18.4 Å². The smallest absolute Gasteiger partial charge is 0.115 e. The molecule has 0 atom stereocenters. The zero-order valence-electron chi connectivity index (χ0n) is 8.19. The zero-order valence-corrected chi connectivity index (χ0v) is 8.19. The summed E-state index contributed by atoms with van der Waals surface area (Å²) in [6.45, 7) is 2.08. The van der Waals surface area contributed by atoms with Crippen molar-refractivity contribution < 1.29 is 5.11 Å². The SMILES string of the molecule is Oc1ccc(CN2C=CCCC2)cc1. The lowest BCUT2D eigenvalue weighted by molar-refractivity contribution is 0.348. The van der Waals surface area contributed by atoms with E-state index < -0.39 is 0 Å². The summed E-state index contributed by atoms with van der Waals surface area (Å²) in [6, 6.07) is 7.42. The van der Waals surface area contributed by atoms with Crippen molar-refractivity contribution in [2.75, 3.05) is 6.54 Å². The standard InChI is InChI=1S/C12H15NO/c14-12-6-4-11(5-7-12)10-13-8-2-1-3-9-13/h2,4-8,14H,1,3,9-10H2. The summed E-state index contributed by atoms with van der Waals surface area (Å²) in [5.41, 5.74) is 1.24. The van der Waals surface area contributed by atoms with Crippen LogP contribution in [0.5, 0.6) is 5.75 Å². The molecule has 1 aliphatic rings. The Bertz CT molecular complexity index is 316. The molecule has 0 spiro atoms. The minimum absolute atomic E-state index is 0.336. The molecule has 1 N–H and O–H groups in total. The normalized spacial score (nSPS) is 15.9. The van der Waals surface area contributed by atoms with Crippen LogP contribution in [0.15, 0.2) is 36.5 Å². The average molecular weight is 189 g/mol. The highest BCUT2D eigenvalue weighted by molar-refractivity contribution is 5.25. The van der Waals surface area contributed by atoms with Crippen LogP contribution >= 0.6 is 0 Å². The van der Waals surface area contributed by atoms with Crippen molar-refractivity contribution in [1.82, 2.24) is 4.90 Å². The van der Waals surface area contributed by atoms with E-state index in [0.29, 0.717) is 5.75 Å². The molecule has 2 heteroatoms. The molecule has 14 heavy (non-hydrogen) atoms. The molecule has 74 valence electrons. The van der Waals surface area contributed by atoms with Crippen LogP contribution in [0.3, 0.4) is 0 Å². The summed E-state index contributed by atoms with van der Waals surface area (Å²) >= 11 is 0. The Morgan fingerprint density at radius 2 is 2.00 bits per heavy atom. The predicted octanol–water partition coefficient (Wildman–Crippen LogP) is 2.50. The Morgan fingerprint density at radius 3 is 2.64 bits per heavy atom. The van der Waals surface area contributed by atoms with E-state index in [4.69, 9.17) is 5.11 Å². The van der Waals surface area contributed by atoms with Gasteiger partial charge in [0, 0.05) is 13.1 Å². The van der Waals surface area contributed by atoms with E-state index in [2.05, 4.69) is 17.2 Å². The van der Waals surface area contributed by atoms with Gasteiger partial charge >= 0.3 is 0 Å². The van der Waals surface area contributed by atoms with Crippen molar-refractivity contribution in [1.29, 1.82) is 0 Å². The van der Waals surface area contributed by atoms with E-state index in [-0.39, 0.29) is 0 Å². The van der Waals surface area contributed by atoms with Gasteiger partial charge in [-0.25, -0.2) is 0 Å². The number of hydrogen-bond donors (Lipinski definition) is 1. The third-order valence-electron chi connectivity index (χ3n) is 2.45. The lowest BCUT2D eigenvalue weighted by atomic mass is 10.1. The summed E-state index contributed by atoms with van der Waals surface area (Å²) < 4.78 is 0. The number of aromatic hydroxyl groups is 1. The van der Waals surface area contributed by atoms with Gasteiger partial charge < -0.3 is 10.0 Å². The van der Waals surface area contributed by atoms with E-state index in [1.54, 1.807) is 12.1 Å². The maximum atomic E-state index is 9.13. The molecule has 0 fully saturated rings. The van der Waals surface area contributed by atoms with Gasteiger partial charge in [0.2, 0.25) is 0 Å². The first-order chi connectivity index (χ1) is 6.84. The van der Waals surface area contributed by atoms with Crippen molar-refractivity contribution in [3.05, 3.63) is 42.1 Å². The number of nitrogens with zero attached hydrogens (tertiary/aromatic N) is 1. The Labute approximate surface area is 84.5 Å². The van der Waals surface area contributed by atoms with Crippen LogP contribution < -0.4 is 0 Å². The third-order valence-corrected chi connectivity index (χ3v) is 2.45. The molecular weight excluding hydrogens is 174 g/mol. The van der Waals surface area contributed by atoms with Crippen molar-refractivity contribution >= 4 is 0 Å². The predicted molar refractivity (Wildman–Crippen MR) is 56.9 cm³/mol. The fourth-order valence-corrected chi connectivity index (χ4v) is 1.68. The van der Waals surface area contributed by atoms with Gasteiger partial charge in [-0.2, -0.15) is 0 Å². The van der Waals surface area contributed by atoms with Crippen LogP contribution in [0.4, 0.5) is 0 Å². The lowest BCUT2D eigenvalue weighted by Gasteiger charge is -2.23. The second-order valence-corrected chi connectivity index (χ2v) is 3.66. The molecule has 0 bridgehead atoms. The van der Waals surface area contributed by atoms with Crippen LogP contribution in [0.25, 0.3) is 0 Å². The molecule has 1 aromatic carbocycles. The van der Waals surface area contributed by atoms with Crippen molar-refractivity contribution in [3.63, 3.8) is 0 Å². The highest BCUT2D eigenvalue weighted by Gasteiger charge is 2.03. The summed E-state index contributed by atoms with van der Waals surface area (Å²) in [5.74, 6) is 0.336. The molecule has 1 aliphatic heterocycles. The van der Waals surface area contributed by atoms with Crippen molar-refractivity contribution in [2.45, 2.75) is 19.4 Å². The average Bonchev–Trinajstić information content (AvgIpc) is 2.23. The van der Waals surface area contributed by atoms with Crippen LogP contribution in [0, 0.1) is 0 Å². The Balaban J connectivity index is 1.99. The summed E-state index contributed by atoms with van der Waals surface area (Å²) in [4.78, 5) is 2.30. The monoisotopic (exact) mass is 189 g/mol. The highest BCUT2D eigenvalue weighted by atomic mass is 16.3. The van der Waals surface area contributed by atoms with Crippen molar-refractivity contribution in [2.24, 2.45) is 0 Å². The molecule has 0 saturated heterocycles. The third kappa shape index (κ3) is 2.28. The molecular formula is C12H15NO. The maximum Gasteiger partial charge on any atom is 0.115 e. The summed E-state index contributed by atoms with van der Waals surface area (Å²) in [5, 5.41) is 9.13. The first-order valence-corrected chi connectivity index (χ1v) is 5.03. The molecule has 0 aromatic heterocycles. The topological polar surface area (TPSA) is 23.5 Å². The van der Waals surface area contributed by atoms with Crippen LogP contribution in [-0.4, -0.2) is 16.6 Å². The minimum Gasteiger partial charge on any atom is -0.508 e. The van der Waals surface area contributed by atoms with Gasteiger partial charge in [-0.3, -0.25) is 0 Å². The Hall–Kier alpha value is -1.44. The van der Waals surface area contributed by atoms with E-state index in [0.717, 1.165) is 13.1 Å². The first-order valence-electron chi connectivity index (χ1n) is 5.03. The minimum atomic E-state index is 0.336. The summed E-state index contributed by atoms with van der Waals surface area (Å²) in [6.07, 6.45) is 6.82. The number of allylic oxidation sites excluding steroid dienone is 1. The molecule has 1 heterocycles. The zero-order chi connectivity index (χ0) is 9.80. The Morgan fingerprint density at radius 1 is 1.21 bits per heavy atom. The second kappa shape index (κ2) is 4.18. The van der Waals surface area contributed by atoms with E-state index >= 15 is 0 Å². The van der Waals surface area contributed by atoms with Gasteiger partial charge in [0.05, 0.1) is 0 Å². The molecule has 1 aromatic rings. The molecule has 0 saturated carbocycles. The van der Waals surface area contributed by atoms with Crippen LogP contribution in [-0.2, 0) is 6.54 Å². The van der Waals surface area contributed by atoms with E-state index in [1.165, 1.54) is 18.4 Å². The molecule has 2 nitrogen and oxygen atoms in total. The maximum absolute atomic E-state index is 9.13.